The molecule has 0 radical (unpaired) electrons. The zero-order valence-corrected chi connectivity index (χ0v) is 17.4. The molecule has 2 aromatic heterocycles. The fraction of sp³-hybridized carbons (Fsp3) is 0.375. The van der Waals surface area contributed by atoms with Gasteiger partial charge in [-0.05, 0) is 62.9 Å². The lowest BCUT2D eigenvalue weighted by Gasteiger charge is -2.22. The zero-order valence-electron chi connectivity index (χ0n) is 17.4. The van der Waals surface area contributed by atoms with Gasteiger partial charge in [-0.25, -0.2) is 9.97 Å². The van der Waals surface area contributed by atoms with Crippen LogP contribution in [0.2, 0.25) is 0 Å². The molecule has 0 bridgehead atoms. The van der Waals surface area contributed by atoms with Gasteiger partial charge in [0.1, 0.15) is 0 Å². The lowest BCUT2D eigenvalue weighted by Crippen LogP contribution is -2.27. The first-order valence-electron chi connectivity index (χ1n) is 10.8. The molecule has 3 aromatic rings. The van der Waals surface area contributed by atoms with Crippen LogP contribution >= 0.6 is 0 Å². The monoisotopic (exact) mass is 400 g/mol. The van der Waals surface area contributed by atoms with E-state index in [0.29, 0.717) is 0 Å². The Balaban J connectivity index is 1.53. The van der Waals surface area contributed by atoms with Crippen LogP contribution in [0.4, 0.5) is 11.6 Å². The Morgan fingerprint density at radius 1 is 0.900 bits per heavy atom. The highest BCUT2D eigenvalue weighted by Crippen LogP contribution is 2.33. The minimum Gasteiger partial charge on any atom is -0.399 e. The quantitative estimate of drug-likeness (QED) is 0.655. The molecule has 2 fully saturated rings. The fourth-order valence-corrected chi connectivity index (χ4v) is 4.64. The van der Waals surface area contributed by atoms with Crippen molar-refractivity contribution in [2.45, 2.75) is 19.8 Å². The van der Waals surface area contributed by atoms with Crippen molar-refractivity contribution < 1.29 is 0 Å². The zero-order chi connectivity index (χ0) is 20.5. The molecule has 4 heterocycles. The molecule has 1 aromatic carbocycles. The number of nitrogen functional groups attached to an aromatic ring is 1. The number of fused-ring (bicyclic) bond motifs is 1. The first-order chi connectivity index (χ1) is 14.7. The first-order valence-corrected chi connectivity index (χ1v) is 10.8. The van der Waals surface area contributed by atoms with Gasteiger partial charge in [-0.3, -0.25) is 4.98 Å². The van der Waals surface area contributed by atoms with Crippen molar-refractivity contribution in [2.24, 2.45) is 11.8 Å². The first kappa shape index (κ1) is 19.0. The van der Waals surface area contributed by atoms with E-state index in [1.54, 1.807) is 0 Å². The molecular formula is C24H28N6. The summed E-state index contributed by atoms with van der Waals surface area (Å²) in [5.74, 6) is 2.38. The minimum atomic E-state index is 0.749. The van der Waals surface area contributed by atoms with Gasteiger partial charge < -0.3 is 16.0 Å². The lowest BCUT2D eigenvalue weighted by molar-refractivity contribution is 0.409. The summed E-state index contributed by atoms with van der Waals surface area (Å²) < 4.78 is 0. The summed E-state index contributed by atoms with van der Waals surface area (Å²) in [4.78, 5) is 16.7. The summed E-state index contributed by atoms with van der Waals surface area (Å²) in [6.07, 6.45) is 6.24. The number of hydrogen-bond acceptors (Lipinski definition) is 6. The standard InChI is InChI=1S/C24H28N6/c1-16-2-3-20(14-27-16)22-15-28-24(29-23(22)17-4-6-21(25)7-5-17)30-10-8-18-12-26-13-19(18)9-11-30/h2-7,14-15,18-19,26H,8-13,25H2,1H3. The number of pyridine rings is 1. The third kappa shape index (κ3) is 3.75. The van der Waals surface area contributed by atoms with Crippen LogP contribution in [0.1, 0.15) is 18.5 Å². The van der Waals surface area contributed by atoms with E-state index in [2.05, 4.69) is 21.3 Å². The summed E-state index contributed by atoms with van der Waals surface area (Å²) in [7, 11) is 0. The summed E-state index contributed by atoms with van der Waals surface area (Å²) in [6, 6.07) is 12.0. The highest BCUT2D eigenvalue weighted by molar-refractivity contribution is 5.81. The second-order valence-electron chi connectivity index (χ2n) is 8.49. The van der Waals surface area contributed by atoms with Crippen molar-refractivity contribution in [3.05, 3.63) is 54.5 Å². The van der Waals surface area contributed by atoms with Crippen LogP contribution in [-0.4, -0.2) is 41.1 Å². The maximum absolute atomic E-state index is 5.92. The van der Waals surface area contributed by atoms with Gasteiger partial charge in [-0.1, -0.05) is 18.2 Å². The number of aromatic nitrogens is 3. The predicted octanol–water partition coefficient (Wildman–Crippen LogP) is 3.53. The Hall–Kier alpha value is -2.99. The molecule has 2 unspecified atom stereocenters. The van der Waals surface area contributed by atoms with E-state index < -0.39 is 0 Å². The molecule has 0 amide bonds. The van der Waals surface area contributed by atoms with Crippen LogP contribution in [0.3, 0.4) is 0 Å². The van der Waals surface area contributed by atoms with Crippen LogP contribution < -0.4 is 16.0 Å². The number of nitrogens with two attached hydrogens (primary N) is 1. The van der Waals surface area contributed by atoms with Gasteiger partial charge in [0, 0.05) is 53.6 Å². The lowest BCUT2D eigenvalue weighted by atomic mass is 9.92. The van der Waals surface area contributed by atoms with Crippen LogP contribution in [0.15, 0.2) is 48.8 Å². The maximum atomic E-state index is 5.92. The second kappa shape index (κ2) is 8.03. The highest BCUT2D eigenvalue weighted by atomic mass is 15.2. The molecule has 154 valence electrons. The molecule has 0 spiro atoms. The van der Waals surface area contributed by atoms with Gasteiger partial charge >= 0.3 is 0 Å². The Kier molecular flexibility index (Phi) is 5.09. The topological polar surface area (TPSA) is 80.0 Å². The van der Waals surface area contributed by atoms with Gasteiger partial charge in [0.15, 0.2) is 0 Å². The van der Waals surface area contributed by atoms with Crippen LogP contribution in [-0.2, 0) is 0 Å². The Morgan fingerprint density at radius 2 is 1.60 bits per heavy atom. The van der Waals surface area contributed by atoms with Crippen molar-refractivity contribution in [3.8, 4) is 22.4 Å². The molecule has 2 aliphatic rings. The van der Waals surface area contributed by atoms with Gasteiger partial charge in [0.2, 0.25) is 5.95 Å². The summed E-state index contributed by atoms with van der Waals surface area (Å²) >= 11 is 0. The van der Waals surface area contributed by atoms with Crippen molar-refractivity contribution in [2.75, 3.05) is 36.8 Å². The third-order valence-corrected chi connectivity index (χ3v) is 6.48. The number of hydrogen-bond donors (Lipinski definition) is 2. The largest absolute Gasteiger partial charge is 0.399 e. The van der Waals surface area contributed by atoms with Crippen molar-refractivity contribution in [1.82, 2.24) is 20.3 Å². The van der Waals surface area contributed by atoms with Gasteiger partial charge in [-0.15, -0.1) is 0 Å². The highest BCUT2D eigenvalue weighted by Gasteiger charge is 2.31. The predicted molar refractivity (Wildman–Crippen MR) is 121 cm³/mol. The number of nitrogens with zero attached hydrogens (tertiary/aromatic N) is 4. The molecule has 30 heavy (non-hydrogen) atoms. The molecule has 0 saturated carbocycles. The molecule has 6 heteroatoms. The van der Waals surface area contributed by atoms with Crippen molar-refractivity contribution >= 4 is 11.6 Å². The van der Waals surface area contributed by atoms with E-state index in [4.69, 9.17) is 15.7 Å². The molecule has 2 atom stereocenters. The van der Waals surface area contributed by atoms with E-state index in [1.165, 1.54) is 12.8 Å². The normalized spacial score (nSPS) is 21.3. The third-order valence-electron chi connectivity index (χ3n) is 6.48. The van der Waals surface area contributed by atoms with Crippen LogP contribution in [0.5, 0.6) is 0 Å². The second-order valence-corrected chi connectivity index (χ2v) is 8.49. The Morgan fingerprint density at radius 3 is 2.27 bits per heavy atom. The van der Waals surface area contributed by atoms with Gasteiger partial charge in [0.25, 0.3) is 0 Å². The number of nitrogens with one attached hydrogen (secondary N) is 1. The molecule has 0 aliphatic carbocycles. The summed E-state index contributed by atoms with van der Waals surface area (Å²) in [5.41, 5.74) is 11.7. The molecule has 2 saturated heterocycles. The van der Waals surface area contributed by atoms with Crippen LogP contribution in [0.25, 0.3) is 22.4 Å². The van der Waals surface area contributed by atoms with Crippen LogP contribution in [0, 0.1) is 18.8 Å². The van der Waals surface area contributed by atoms with E-state index in [0.717, 1.165) is 77.7 Å². The molecule has 2 aliphatic heterocycles. The number of anilines is 2. The summed E-state index contributed by atoms with van der Waals surface area (Å²) in [5, 5.41) is 3.55. The Labute approximate surface area is 177 Å². The number of rotatable bonds is 3. The minimum absolute atomic E-state index is 0.749. The van der Waals surface area contributed by atoms with Crippen molar-refractivity contribution in [3.63, 3.8) is 0 Å². The molecule has 3 N–H and O–H groups in total. The Bertz CT molecular complexity index is 1000. The fourth-order valence-electron chi connectivity index (χ4n) is 4.64. The van der Waals surface area contributed by atoms with E-state index >= 15 is 0 Å². The van der Waals surface area contributed by atoms with E-state index in [-0.39, 0.29) is 0 Å². The average molecular weight is 401 g/mol. The molecule has 5 rings (SSSR count). The molecular weight excluding hydrogens is 372 g/mol. The maximum Gasteiger partial charge on any atom is 0.225 e. The summed E-state index contributed by atoms with van der Waals surface area (Å²) in [6.45, 7) is 6.31. The van der Waals surface area contributed by atoms with E-state index in [9.17, 15) is 0 Å². The number of aryl methyl sites for hydroxylation is 1. The van der Waals surface area contributed by atoms with Crippen molar-refractivity contribution in [1.29, 1.82) is 0 Å². The smallest absolute Gasteiger partial charge is 0.225 e. The number of benzene rings is 1. The van der Waals surface area contributed by atoms with E-state index in [1.807, 2.05) is 49.6 Å². The average Bonchev–Trinajstić information content (AvgIpc) is 3.13. The van der Waals surface area contributed by atoms with Gasteiger partial charge in [-0.2, -0.15) is 0 Å². The SMILES string of the molecule is Cc1ccc(-c2cnc(N3CCC4CNCC4CC3)nc2-c2ccc(N)cc2)cn1. The molecule has 6 nitrogen and oxygen atoms in total. The van der Waals surface area contributed by atoms with Gasteiger partial charge in [0.05, 0.1) is 5.69 Å².